The van der Waals surface area contributed by atoms with E-state index in [1.807, 2.05) is 26.0 Å². The number of imide groups is 2. The Balaban J connectivity index is 2.04. The predicted molar refractivity (Wildman–Crippen MR) is 102 cm³/mol. The summed E-state index contributed by atoms with van der Waals surface area (Å²) in [4.78, 5) is 38.6. The van der Waals surface area contributed by atoms with Crippen LogP contribution in [0.1, 0.15) is 25.0 Å². The molecule has 0 aromatic heterocycles. The van der Waals surface area contributed by atoms with Crippen molar-refractivity contribution in [2.75, 3.05) is 4.90 Å². The van der Waals surface area contributed by atoms with Gasteiger partial charge in [-0.2, -0.15) is 0 Å². The number of aryl methyl sites for hydroxylation is 1. The number of hydrogen-bond acceptors (Lipinski definition) is 4. The maximum atomic E-state index is 13.0. The maximum Gasteiger partial charge on any atom is 0.335 e. The van der Waals surface area contributed by atoms with Crippen LogP contribution in [0.2, 0.25) is 0 Å². The van der Waals surface area contributed by atoms with E-state index in [1.165, 1.54) is 6.08 Å². The number of amides is 4. The van der Waals surface area contributed by atoms with Crippen molar-refractivity contribution in [2.24, 2.45) is 0 Å². The van der Waals surface area contributed by atoms with Gasteiger partial charge in [0.25, 0.3) is 11.8 Å². The van der Waals surface area contributed by atoms with Crippen molar-refractivity contribution in [3.05, 3.63) is 65.2 Å². The highest BCUT2D eigenvalue weighted by Gasteiger charge is 2.37. The van der Waals surface area contributed by atoms with E-state index in [0.717, 1.165) is 10.5 Å². The molecule has 2 aromatic rings. The van der Waals surface area contributed by atoms with E-state index in [4.69, 9.17) is 4.74 Å². The third-order valence-corrected chi connectivity index (χ3v) is 4.04. The summed E-state index contributed by atoms with van der Waals surface area (Å²) >= 11 is 0. The van der Waals surface area contributed by atoms with E-state index in [0.29, 0.717) is 17.0 Å². The number of carbonyl (C=O) groups excluding carboxylic acids is 3. The quantitative estimate of drug-likeness (QED) is 0.666. The lowest BCUT2D eigenvalue weighted by Crippen LogP contribution is -2.54. The van der Waals surface area contributed by atoms with Crippen molar-refractivity contribution in [3.63, 3.8) is 0 Å². The van der Waals surface area contributed by atoms with Gasteiger partial charge in [-0.05, 0) is 44.5 Å². The zero-order valence-corrected chi connectivity index (χ0v) is 15.4. The van der Waals surface area contributed by atoms with E-state index in [9.17, 15) is 14.4 Å². The topological polar surface area (TPSA) is 75.7 Å². The minimum Gasteiger partial charge on any atom is -0.490 e. The molecule has 1 heterocycles. The Morgan fingerprint density at radius 3 is 2.37 bits per heavy atom. The zero-order chi connectivity index (χ0) is 19.6. The second-order valence-corrected chi connectivity index (χ2v) is 6.45. The van der Waals surface area contributed by atoms with E-state index in [-0.39, 0.29) is 11.7 Å². The second kappa shape index (κ2) is 7.45. The summed E-state index contributed by atoms with van der Waals surface area (Å²) in [5, 5.41) is 2.23. The summed E-state index contributed by atoms with van der Waals surface area (Å²) in [5.41, 5.74) is 1.64. The van der Waals surface area contributed by atoms with Gasteiger partial charge in [-0.1, -0.05) is 36.4 Å². The number of benzene rings is 2. The van der Waals surface area contributed by atoms with Crippen molar-refractivity contribution in [1.82, 2.24) is 5.32 Å². The van der Waals surface area contributed by atoms with Crippen molar-refractivity contribution < 1.29 is 19.1 Å². The fraction of sp³-hybridized carbons (Fsp3) is 0.190. The number of para-hydroxylation sites is 2. The minimum absolute atomic E-state index is 0.0644. The maximum absolute atomic E-state index is 13.0. The van der Waals surface area contributed by atoms with Gasteiger partial charge in [-0.15, -0.1) is 0 Å². The molecule has 0 unspecified atom stereocenters. The van der Waals surface area contributed by atoms with Crippen LogP contribution in [0, 0.1) is 6.92 Å². The van der Waals surface area contributed by atoms with Crippen LogP contribution in [0.4, 0.5) is 10.5 Å². The number of anilines is 1. The number of hydrogen-bond donors (Lipinski definition) is 1. The summed E-state index contributed by atoms with van der Waals surface area (Å²) in [7, 11) is 0. The second-order valence-electron chi connectivity index (χ2n) is 6.45. The van der Waals surface area contributed by atoms with Gasteiger partial charge in [0.05, 0.1) is 11.8 Å². The smallest absolute Gasteiger partial charge is 0.335 e. The van der Waals surface area contributed by atoms with Crippen LogP contribution in [-0.2, 0) is 9.59 Å². The highest BCUT2D eigenvalue weighted by atomic mass is 16.5. The van der Waals surface area contributed by atoms with Crippen molar-refractivity contribution >= 4 is 29.6 Å². The van der Waals surface area contributed by atoms with E-state index < -0.39 is 17.8 Å². The first-order valence-electron chi connectivity index (χ1n) is 8.61. The van der Waals surface area contributed by atoms with Crippen LogP contribution in [0.5, 0.6) is 5.75 Å². The van der Waals surface area contributed by atoms with Crippen LogP contribution in [0.15, 0.2) is 54.1 Å². The van der Waals surface area contributed by atoms with Crippen molar-refractivity contribution in [1.29, 1.82) is 0 Å². The molecule has 0 atom stereocenters. The molecule has 2 aromatic carbocycles. The van der Waals surface area contributed by atoms with Crippen molar-refractivity contribution in [2.45, 2.75) is 26.9 Å². The molecule has 0 radical (unpaired) electrons. The first-order chi connectivity index (χ1) is 12.9. The van der Waals surface area contributed by atoms with Gasteiger partial charge in [0.2, 0.25) is 0 Å². The highest BCUT2D eigenvalue weighted by Crippen LogP contribution is 2.27. The summed E-state index contributed by atoms with van der Waals surface area (Å²) in [6.07, 6.45) is 1.39. The Bertz CT molecular complexity index is 947. The number of nitrogens with zero attached hydrogens (tertiary/aromatic N) is 1. The molecule has 4 amide bonds. The van der Waals surface area contributed by atoms with E-state index >= 15 is 0 Å². The standard InChI is InChI=1S/C21H20N2O4/c1-13(2)27-18-11-7-5-9-15(18)12-16-19(24)22-21(26)23(20(16)25)17-10-6-4-8-14(17)3/h4-13H,1-3H3,(H,22,24,26)/b16-12+. The highest BCUT2D eigenvalue weighted by molar-refractivity contribution is 6.39. The van der Waals surface area contributed by atoms with Gasteiger partial charge in [-0.25, -0.2) is 9.69 Å². The van der Waals surface area contributed by atoms with Crippen molar-refractivity contribution in [3.8, 4) is 5.75 Å². The third kappa shape index (κ3) is 3.74. The normalized spacial score (nSPS) is 16.1. The first kappa shape index (κ1) is 18.4. The number of rotatable bonds is 4. The molecule has 6 heteroatoms. The number of urea groups is 1. The number of carbonyl (C=O) groups is 3. The molecular weight excluding hydrogens is 344 g/mol. The molecule has 1 aliphatic rings. The molecular formula is C21H20N2O4. The van der Waals surface area contributed by atoms with Gasteiger partial charge in [0.1, 0.15) is 11.3 Å². The molecule has 1 aliphatic heterocycles. The molecule has 1 saturated heterocycles. The van der Waals surface area contributed by atoms with Crippen LogP contribution in [0.25, 0.3) is 6.08 Å². The molecule has 1 N–H and O–H groups in total. The monoisotopic (exact) mass is 364 g/mol. The Morgan fingerprint density at radius 1 is 1.00 bits per heavy atom. The number of ether oxygens (including phenoxy) is 1. The third-order valence-electron chi connectivity index (χ3n) is 4.04. The summed E-state index contributed by atoms with van der Waals surface area (Å²) < 4.78 is 5.74. The summed E-state index contributed by atoms with van der Waals surface area (Å²) in [6.45, 7) is 5.57. The predicted octanol–water partition coefficient (Wildman–Crippen LogP) is 3.45. The molecule has 0 bridgehead atoms. The molecule has 0 aliphatic carbocycles. The Kier molecular flexibility index (Phi) is 5.07. The lowest BCUT2D eigenvalue weighted by atomic mass is 10.0. The summed E-state index contributed by atoms with van der Waals surface area (Å²) in [6, 6.07) is 13.4. The lowest BCUT2D eigenvalue weighted by Gasteiger charge is -2.27. The van der Waals surface area contributed by atoms with Crippen LogP contribution < -0.4 is 15.0 Å². The lowest BCUT2D eigenvalue weighted by molar-refractivity contribution is -0.122. The number of barbiturate groups is 1. The fourth-order valence-electron chi connectivity index (χ4n) is 2.81. The molecule has 6 nitrogen and oxygen atoms in total. The minimum atomic E-state index is -0.761. The van der Waals surface area contributed by atoms with E-state index in [2.05, 4.69) is 5.32 Å². The Hall–Kier alpha value is -3.41. The average Bonchev–Trinajstić information content (AvgIpc) is 2.61. The molecule has 0 saturated carbocycles. The number of nitrogens with one attached hydrogen (secondary N) is 1. The van der Waals surface area contributed by atoms with Gasteiger partial charge in [-0.3, -0.25) is 14.9 Å². The van der Waals surface area contributed by atoms with Gasteiger partial charge in [0.15, 0.2) is 0 Å². The van der Waals surface area contributed by atoms with Gasteiger partial charge in [0, 0.05) is 5.56 Å². The SMILES string of the molecule is Cc1ccccc1N1C(=O)NC(=O)/C(=C\c2ccccc2OC(C)C)C1=O. The first-order valence-corrected chi connectivity index (χ1v) is 8.61. The summed E-state index contributed by atoms with van der Waals surface area (Å²) in [5.74, 6) is -0.841. The van der Waals surface area contributed by atoms with E-state index in [1.54, 1.807) is 43.3 Å². The van der Waals surface area contributed by atoms with Crippen LogP contribution in [-0.4, -0.2) is 23.9 Å². The molecule has 27 heavy (non-hydrogen) atoms. The molecule has 3 rings (SSSR count). The Labute approximate surface area is 157 Å². The average molecular weight is 364 g/mol. The van der Waals surface area contributed by atoms with Gasteiger partial charge < -0.3 is 4.74 Å². The largest absolute Gasteiger partial charge is 0.490 e. The fourth-order valence-corrected chi connectivity index (χ4v) is 2.81. The Morgan fingerprint density at radius 2 is 1.67 bits per heavy atom. The zero-order valence-electron chi connectivity index (χ0n) is 15.4. The van der Waals surface area contributed by atoms with Crippen LogP contribution >= 0.6 is 0 Å². The van der Waals surface area contributed by atoms with Gasteiger partial charge >= 0.3 is 6.03 Å². The molecule has 1 fully saturated rings. The molecule has 138 valence electrons. The molecule has 0 spiro atoms. The van der Waals surface area contributed by atoms with Crippen LogP contribution in [0.3, 0.4) is 0 Å².